The third-order valence-corrected chi connectivity index (χ3v) is 2.97. The number of morpholine rings is 1. The Kier molecular flexibility index (Phi) is 3.26. The van der Waals surface area contributed by atoms with Crippen LogP contribution in [-0.4, -0.2) is 36.4 Å². The highest BCUT2D eigenvalue weighted by molar-refractivity contribution is 5.94. The summed E-state index contributed by atoms with van der Waals surface area (Å²) in [6, 6.07) is 4.33. The van der Waals surface area contributed by atoms with Crippen molar-refractivity contribution in [2.24, 2.45) is 0 Å². The Hall–Kier alpha value is -1.62. The van der Waals surface area contributed by atoms with Gasteiger partial charge in [0.05, 0.1) is 17.9 Å². The Morgan fingerprint density at radius 3 is 2.83 bits per heavy atom. The maximum atomic E-state index is 13.6. The predicted molar refractivity (Wildman–Crippen MR) is 65.6 cm³/mol. The van der Waals surface area contributed by atoms with Gasteiger partial charge >= 0.3 is 5.97 Å². The van der Waals surface area contributed by atoms with E-state index in [0.29, 0.717) is 25.4 Å². The van der Waals surface area contributed by atoms with Gasteiger partial charge in [-0.2, -0.15) is 0 Å². The summed E-state index contributed by atoms with van der Waals surface area (Å²) in [5.41, 5.74) is -0.213. The van der Waals surface area contributed by atoms with E-state index >= 15 is 0 Å². The zero-order valence-corrected chi connectivity index (χ0v) is 10.4. The molecule has 0 unspecified atom stereocenters. The molecule has 98 valence electrons. The monoisotopic (exact) mass is 253 g/mol. The van der Waals surface area contributed by atoms with Crippen molar-refractivity contribution >= 4 is 11.7 Å². The van der Waals surface area contributed by atoms with E-state index in [1.807, 2.05) is 18.7 Å². The second-order valence-corrected chi connectivity index (χ2v) is 4.97. The van der Waals surface area contributed by atoms with E-state index < -0.39 is 11.8 Å². The highest BCUT2D eigenvalue weighted by Gasteiger charge is 2.30. The fourth-order valence-corrected chi connectivity index (χ4v) is 2.21. The molecule has 0 atom stereocenters. The maximum Gasteiger partial charge on any atom is 0.340 e. The largest absolute Gasteiger partial charge is 0.478 e. The summed E-state index contributed by atoms with van der Waals surface area (Å²) in [4.78, 5) is 13.0. The van der Waals surface area contributed by atoms with Crippen molar-refractivity contribution in [3.05, 3.63) is 29.6 Å². The highest BCUT2D eigenvalue weighted by atomic mass is 19.1. The lowest BCUT2D eigenvalue weighted by atomic mass is 10.0. The molecule has 0 aliphatic carbocycles. The van der Waals surface area contributed by atoms with Crippen LogP contribution in [0.25, 0.3) is 0 Å². The van der Waals surface area contributed by atoms with Gasteiger partial charge in [-0.15, -0.1) is 0 Å². The van der Waals surface area contributed by atoms with Crippen LogP contribution in [0, 0.1) is 5.82 Å². The SMILES string of the molecule is CC1(C)CN(c2cccc(F)c2C(=O)O)CCO1. The van der Waals surface area contributed by atoms with Crippen molar-refractivity contribution in [3.8, 4) is 0 Å². The van der Waals surface area contributed by atoms with E-state index in [0.717, 1.165) is 0 Å². The van der Waals surface area contributed by atoms with Crippen molar-refractivity contribution < 1.29 is 19.0 Å². The van der Waals surface area contributed by atoms with Crippen molar-refractivity contribution in [2.75, 3.05) is 24.6 Å². The second kappa shape index (κ2) is 4.57. The molecule has 5 heteroatoms. The lowest BCUT2D eigenvalue weighted by Gasteiger charge is -2.39. The van der Waals surface area contributed by atoms with E-state index in [2.05, 4.69) is 0 Å². The predicted octanol–water partition coefficient (Wildman–Crippen LogP) is 2.14. The Morgan fingerprint density at radius 1 is 1.50 bits per heavy atom. The summed E-state index contributed by atoms with van der Waals surface area (Å²) in [6.45, 7) is 5.46. The van der Waals surface area contributed by atoms with Crippen LogP contribution < -0.4 is 4.90 Å². The minimum Gasteiger partial charge on any atom is -0.478 e. The number of hydrogen-bond acceptors (Lipinski definition) is 3. The van der Waals surface area contributed by atoms with Crippen LogP contribution in [0.4, 0.5) is 10.1 Å². The smallest absolute Gasteiger partial charge is 0.340 e. The molecule has 18 heavy (non-hydrogen) atoms. The molecule has 0 spiro atoms. The Bertz CT molecular complexity index is 473. The number of anilines is 1. The first-order valence-electron chi connectivity index (χ1n) is 5.81. The van der Waals surface area contributed by atoms with Gasteiger partial charge in [-0.25, -0.2) is 9.18 Å². The molecule has 0 aromatic heterocycles. The maximum absolute atomic E-state index is 13.6. The van der Waals surface area contributed by atoms with E-state index in [9.17, 15) is 9.18 Å². The number of ether oxygens (including phenoxy) is 1. The molecule has 2 rings (SSSR count). The number of halogens is 1. The van der Waals surface area contributed by atoms with Crippen LogP contribution in [-0.2, 0) is 4.74 Å². The molecular weight excluding hydrogens is 237 g/mol. The second-order valence-electron chi connectivity index (χ2n) is 4.97. The zero-order valence-electron chi connectivity index (χ0n) is 10.4. The van der Waals surface area contributed by atoms with Crippen LogP contribution in [0.5, 0.6) is 0 Å². The van der Waals surface area contributed by atoms with Gasteiger partial charge < -0.3 is 14.7 Å². The summed E-state index contributed by atoms with van der Waals surface area (Å²) in [5.74, 6) is -1.95. The quantitative estimate of drug-likeness (QED) is 0.877. The molecule has 0 saturated carbocycles. The number of nitrogens with zero attached hydrogens (tertiary/aromatic N) is 1. The first-order valence-corrected chi connectivity index (χ1v) is 5.81. The van der Waals surface area contributed by atoms with Crippen LogP contribution in [0.1, 0.15) is 24.2 Å². The molecule has 4 nitrogen and oxygen atoms in total. The standard InChI is InChI=1S/C13H16FNO3/c1-13(2)8-15(6-7-18-13)10-5-3-4-9(14)11(10)12(16)17/h3-5H,6-8H2,1-2H3,(H,16,17). The molecule has 0 bridgehead atoms. The summed E-state index contributed by atoms with van der Waals surface area (Å²) in [6.07, 6.45) is 0. The summed E-state index contributed by atoms with van der Waals surface area (Å²) < 4.78 is 19.2. The van der Waals surface area contributed by atoms with Gasteiger partial charge in [0.15, 0.2) is 0 Å². The number of carboxylic acids is 1. The topological polar surface area (TPSA) is 49.8 Å². The van der Waals surface area contributed by atoms with Gasteiger partial charge in [0.1, 0.15) is 11.4 Å². The van der Waals surface area contributed by atoms with Gasteiger partial charge in [-0.05, 0) is 26.0 Å². The fraction of sp³-hybridized carbons (Fsp3) is 0.462. The van der Waals surface area contributed by atoms with Crippen LogP contribution in [0.3, 0.4) is 0 Å². The van der Waals surface area contributed by atoms with E-state index in [4.69, 9.17) is 9.84 Å². The van der Waals surface area contributed by atoms with E-state index in [-0.39, 0.29) is 11.2 Å². The summed E-state index contributed by atoms with van der Waals surface area (Å²) in [5, 5.41) is 9.11. The normalized spacial score (nSPS) is 18.7. The molecule has 1 aromatic carbocycles. The average molecular weight is 253 g/mol. The fourth-order valence-electron chi connectivity index (χ4n) is 2.21. The lowest BCUT2D eigenvalue weighted by molar-refractivity contribution is -0.0277. The van der Waals surface area contributed by atoms with Gasteiger partial charge in [0.25, 0.3) is 0 Å². The Morgan fingerprint density at radius 2 is 2.22 bits per heavy atom. The van der Waals surface area contributed by atoms with Gasteiger partial charge in [-0.1, -0.05) is 6.07 Å². The summed E-state index contributed by atoms with van der Waals surface area (Å²) >= 11 is 0. The molecule has 1 aliphatic heterocycles. The number of hydrogen-bond donors (Lipinski definition) is 1. The minimum atomic E-state index is -1.24. The van der Waals surface area contributed by atoms with Gasteiger partial charge in [-0.3, -0.25) is 0 Å². The first-order chi connectivity index (χ1) is 8.41. The lowest BCUT2D eigenvalue weighted by Crippen LogP contribution is -2.48. The number of benzene rings is 1. The number of rotatable bonds is 2. The molecule has 1 aliphatic rings. The van der Waals surface area contributed by atoms with E-state index in [1.54, 1.807) is 6.07 Å². The zero-order chi connectivity index (χ0) is 13.3. The third kappa shape index (κ3) is 2.46. The average Bonchev–Trinajstić information content (AvgIpc) is 2.26. The van der Waals surface area contributed by atoms with Crippen LogP contribution in [0.2, 0.25) is 0 Å². The molecule has 1 aromatic rings. The molecule has 1 fully saturated rings. The highest BCUT2D eigenvalue weighted by Crippen LogP contribution is 2.27. The third-order valence-electron chi connectivity index (χ3n) is 2.97. The minimum absolute atomic E-state index is 0.268. The van der Waals surface area contributed by atoms with Gasteiger partial charge in [0, 0.05) is 13.1 Å². The van der Waals surface area contributed by atoms with Crippen LogP contribution in [0.15, 0.2) is 18.2 Å². The molecule has 1 heterocycles. The molecule has 0 amide bonds. The summed E-state index contributed by atoms with van der Waals surface area (Å²) in [7, 11) is 0. The van der Waals surface area contributed by atoms with E-state index in [1.165, 1.54) is 12.1 Å². The molecule has 0 radical (unpaired) electrons. The Balaban J connectivity index is 2.39. The van der Waals surface area contributed by atoms with Crippen molar-refractivity contribution in [1.82, 2.24) is 0 Å². The van der Waals surface area contributed by atoms with Crippen molar-refractivity contribution in [2.45, 2.75) is 19.4 Å². The Labute approximate surface area is 105 Å². The van der Waals surface area contributed by atoms with Crippen molar-refractivity contribution in [3.63, 3.8) is 0 Å². The first kappa shape index (κ1) is 12.8. The molecular formula is C13H16FNO3. The van der Waals surface area contributed by atoms with Gasteiger partial charge in [0.2, 0.25) is 0 Å². The van der Waals surface area contributed by atoms with Crippen LogP contribution >= 0.6 is 0 Å². The number of aromatic carboxylic acids is 1. The molecule has 1 saturated heterocycles. The number of carboxylic acid groups (broad SMARTS) is 1. The molecule has 1 N–H and O–H groups in total. The number of carbonyl (C=O) groups is 1. The van der Waals surface area contributed by atoms with Crippen molar-refractivity contribution in [1.29, 1.82) is 0 Å².